The van der Waals surface area contributed by atoms with Crippen molar-refractivity contribution < 1.29 is 14.3 Å². The number of nitriles is 1. The number of thiazole rings is 1. The molecule has 0 radical (unpaired) electrons. The quantitative estimate of drug-likeness (QED) is 0.468. The van der Waals surface area contributed by atoms with Crippen molar-refractivity contribution in [2.45, 2.75) is 25.8 Å². The highest BCUT2D eigenvalue weighted by molar-refractivity contribution is 7.16. The molecule has 1 unspecified atom stereocenters. The summed E-state index contributed by atoms with van der Waals surface area (Å²) >= 11 is 4.46. The smallest absolute Gasteiger partial charge is 0.407 e. The zero-order valence-corrected chi connectivity index (χ0v) is 19.4. The van der Waals surface area contributed by atoms with Crippen LogP contribution in [0.25, 0.3) is 6.08 Å². The Hall–Kier alpha value is -3.00. The Morgan fingerprint density at radius 2 is 2.25 bits per heavy atom. The van der Waals surface area contributed by atoms with Crippen LogP contribution in [0.4, 0.5) is 9.80 Å². The van der Waals surface area contributed by atoms with E-state index in [0.29, 0.717) is 23.7 Å². The van der Waals surface area contributed by atoms with Crippen LogP contribution in [0.1, 0.15) is 32.3 Å². The lowest BCUT2D eigenvalue weighted by molar-refractivity contribution is -0.111. The zero-order chi connectivity index (χ0) is 22.3. The molecule has 0 saturated carbocycles. The van der Waals surface area contributed by atoms with Gasteiger partial charge in [0.05, 0.1) is 18.7 Å². The van der Waals surface area contributed by atoms with Crippen LogP contribution >= 0.6 is 34.0 Å². The highest BCUT2D eigenvalue weighted by Gasteiger charge is 2.27. The molecule has 1 aliphatic rings. The molecule has 0 aliphatic heterocycles. The van der Waals surface area contributed by atoms with E-state index in [-0.39, 0.29) is 11.8 Å². The first kappa shape index (κ1) is 22.2. The van der Waals surface area contributed by atoms with Gasteiger partial charge in [0.2, 0.25) is 5.91 Å². The topological polar surface area (TPSA) is 104 Å². The van der Waals surface area contributed by atoms with Gasteiger partial charge in [0.1, 0.15) is 16.1 Å². The number of rotatable bonds is 7. The van der Waals surface area contributed by atoms with Crippen LogP contribution in [0.3, 0.4) is 0 Å². The molecule has 0 fully saturated rings. The van der Waals surface area contributed by atoms with Crippen LogP contribution < -0.4 is 10.6 Å². The fraction of sp³-hybridized carbons (Fsp3) is 0.273. The Morgan fingerprint density at radius 3 is 3.00 bits per heavy atom. The molecule has 2 amide bonds. The van der Waals surface area contributed by atoms with Crippen LogP contribution in [0, 0.1) is 17.2 Å². The molecule has 3 aromatic rings. The number of ether oxygens (including phenoxy) is 1. The molecule has 2 N–H and O–H groups in total. The predicted octanol–water partition coefficient (Wildman–Crippen LogP) is 4.82. The molecule has 1 aliphatic carbocycles. The second-order valence-electron chi connectivity index (χ2n) is 7.14. The van der Waals surface area contributed by atoms with Gasteiger partial charge in [-0.05, 0) is 48.3 Å². The van der Waals surface area contributed by atoms with Gasteiger partial charge in [-0.1, -0.05) is 6.07 Å². The third-order valence-corrected chi connectivity index (χ3v) is 7.76. The Bertz CT molecular complexity index is 1140. The van der Waals surface area contributed by atoms with Crippen molar-refractivity contribution in [2.24, 2.45) is 5.92 Å². The van der Waals surface area contributed by atoms with E-state index in [4.69, 9.17) is 4.74 Å². The molecule has 3 heterocycles. The standard InChI is InChI=1S/C22H20N4O3S3/c23-11-17-16-5-3-14(13-29-22(28)25-12-20-24-7-9-31-20)10-18(16)32-21(17)26-19(27)6-4-15-2-1-8-30-15/h1-2,4,6-9,14H,3,5,10,12-13H2,(H,25,28)(H,26,27)/b6-4+. The van der Waals surface area contributed by atoms with Gasteiger partial charge in [-0.3, -0.25) is 4.79 Å². The number of nitrogens with one attached hydrogen (secondary N) is 2. The number of anilines is 1. The van der Waals surface area contributed by atoms with E-state index >= 15 is 0 Å². The van der Waals surface area contributed by atoms with Gasteiger partial charge in [0, 0.05) is 27.4 Å². The minimum atomic E-state index is -0.458. The molecule has 7 nitrogen and oxygen atoms in total. The van der Waals surface area contributed by atoms with E-state index in [2.05, 4.69) is 21.7 Å². The van der Waals surface area contributed by atoms with Crippen molar-refractivity contribution >= 4 is 57.1 Å². The molecule has 164 valence electrons. The summed E-state index contributed by atoms with van der Waals surface area (Å²) in [6, 6.07) is 6.10. The molecule has 0 bridgehead atoms. The first-order chi connectivity index (χ1) is 15.6. The average Bonchev–Trinajstić information content (AvgIpc) is 3.55. The molecule has 10 heteroatoms. The number of hydrogen-bond donors (Lipinski definition) is 2. The number of amides is 2. The highest BCUT2D eigenvalue weighted by Crippen LogP contribution is 2.39. The maximum absolute atomic E-state index is 12.3. The maximum Gasteiger partial charge on any atom is 0.407 e. The number of thiophene rings is 2. The van der Waals surface area contributed by atoms with Crippen LogP contribution in [0.5, 0.6) is 0 Å². The predicted molar refractivity (Wildman–Crippen MR) is 127 cm³/mol. The van der Waals surface area contributed by atoms with Crippen molar-refractivity contribution in [1.82, 2.24) is 10.3 Å². The largest absolute Gasteiger partial charge is 0.449 e. The SMILES string of the molecule is N#Cc1c(NC(=O)/C=C/c2cccs2)sc2c1CCC(COC(=O)NCc1nccs1)C2. The lowest BCUT2D eigenvalue weighted by Gasteiger charge is -2.21. The van der Waals surface area contributed by atoms with E-state index in [1.807, 2.05) is 22.9 Å². The molecular weight excluding hydrogens is 464 g/mol. The van der Waals surface area contributed by atoms with Crippen molar-refractivity contribution in [2.75, 3.05) is 11.9 Å². The van der Waals surface area contributed by atoms with Crippen LogP contribution in [-0.4, -0.2) is 23.6 Å². The molecular formula is C22H20N4O3S3. The zero-order valence-electron chi connectivity index (χ0n) is 17.0. The number of fused-ring (bicyclic) bond motifs is 1. The van der Waals surface area contributed by atoms with Gasteiger partial charge in [-0.15, -0.1) is 34.0 Å². The van der Waals surface area contributed by atoms with Gasteiger partial charge >= 0.3 is 6.09 Å². The summed E-state index contributed by atoms with van der Waals surface area (Å²) < 4.78 is 5.38. The molecule has 3 aromatic heterocycles. The normalized spacial score (nSPS) is 15.2. The van der Waals surface area contributed by atoms with E-state index in [1.165, 1.54) is 28.7 Å². The van der Waals surface area contributed by atoms with Crippen LogP contribution in [-0.2, 0) is 28.9 Å². The first-order valence-electron chi connectivity index (χ1n) is 9.98. The van der Waals surface area contributed by atoms with Crippen molar-refractivity contribution in [3.8, 4) is 6.07 Å². The average molecular weight is 485 g/mol. The Kier molecular flexibility index (Phi) is 7.32. The Labute approximate surface area is 197 Å². The van der Waals surface area contributed by atoms with Gasteiger partial charge in [0.15, 0.2) is 0 Å². The Balaban J connectivity index is 1.32. The third-order valence-electron chi connectivity index (χ3n) is 4.98. The maximum atomic E-state index is 12.3. The van der Waals surface area contributed by atoms with Crippen LogP contribution in [0.15, 0.2) is 35.2 Å². The van der Waals surface area contributed by atoms with E-state index in [0.717, 1.165) is 39.6 Å². The summed E-state index contributed by atoms with van der Waals surface area (Å²) in [5, 5.41) is 20.4. The summed E-state index contributed by atoms with van der Waals surface area (Å²) in [7, 11) is 0. The lowest BCUT2D eigenvalue weighted by Crippen LogP contribution is -2.27. The molecule has 4 rings (SSSR count). The summed E-state index contributed by atoms with van der Waals surface area (Å²) in [6.45, 7) is 0.667. The third kappa shape index (κ3) is 5.62. The van der Waals surface area contributed by atoms with Gasteiger partial charge < -0.3 is 15.4 Å². The molecule has 1 atom stereocenters. The fourth-order valence-electron chi connectivity index (χ4n) is 3.43. The van der Waals surface area contributed by atoms with E-state index in [9.17, 15) is 14.9 Å². The van der Waals surface area contributed by atoms with Crippen molar-refractivity contribution in [1.29, 1.82) is 5.26 Å². The minimum Gasteiger partial charge on any atom is -0.449 e. The number of hydrogen-bond acceptors (Lipinski definition) is 8. The van der Waals surface area contributed by atoms with Crippen molar-refractivity contribution in [3.05, 3.63) is 61.1 Å². The second-order valence-corrected chi connectivity index (χ2v) is 10.2. The summed E-state index contributed by atoms with van der Waals surface area (Å²) in [4.78, 5) is 30.4. The molecule has 0 spiro atoms. The Morgan fingerprint density at radius 1 is 1.34 bits per heavy atom. The van der Waals surface area contributed by atoms with Gasteiger partial charge in [-0.2, -0.15) is 5.26 Å². The summed E-state index contributed by atoms with van der Waals surface area (Å²) in [6.07, 6.45) is 6.74. The molecule has 0 saturated heterocycles. The first-order valence-corrected chi connectivity index (χ1v) is 12.6. The summed E-state index contributed by atoms with van der Waals surface area (Å²) in [5.41, 5.74) is 1.54. The highest BCUT2D eigenvalue weighted by atomic mass is 32.1. The van der Waals surface area contributed by atoms with Gasteiger partial charge in [0.25, 0.3) is 0 Å². The van der Waals surface area contributed by atoms with E-state index < -0.39 is 6.09 Å². The monoisotopic (exact) mass is 484 g/mol. The van der Waals surface area contributed by atoms with Crippen LogP contribution in [0.2, 0.25) is 0 Å². The van der Waals surface area contributed by atoms with Crippen molar-refractivity contribution in [3.63, 3.8) is 0 Å². The number of nitrogens with zero attached hydrogens (tertiary/aromatic N) is 2. The molecule has 32 heavy (non-hydrogen) atoms. The van der Waals surface area contributed by atoms with E-state index in [1.54, 1.807) is 23.6 Å². The molecule has 0 aromatic carbocycles. The number of aromatic nitrogens is 1. The fourth-order valence-corrected chi connectivity index (χ4v) is 5.92. The number of carbonyl (C=O) groups is 2. The minimum absolute atomic E-state index is 0.181. The lowest BCUT2D eigenvalue weighted by atomic mass is 9.88. The second kappa shape index (κ2) is 10.5. The number of alkyl carbamates (subject to hydrolysis) is 1. The number of carbonyl (C=O) groups excluding carboxylic acids is 2. The summed E-state index contributed by atoms with van der Waals surface area (Å²) in [5.74, 6) is -0.0779. The van der Waals surface area contributed by atoms with Gasteiger partial charge in [-0.25, -0.2) is 9.78 Å².